The lowest BCUT2D eigenvalue weighted by Gasteiger charge is -2.19. The second-order valence-electron chi connectivity index (χ2n) is 5.42. The summed E-state index contributed by atoms with van der Waals surface area (Å²) in [5.74, 6) is -0.0309. The number of hydrogen-bond donors (Lipinski definition) is 1. The highest BCUT2D eigenvalue weighted by Gasteiger charge is 2.32. The van der Waals surface area contributed by atoms with Gasteiger partial charge in [0.05, 0.1) is 0 Å². The SMILES string of the molecule is CN1C(=O)CC[C@H]1C(=O)NCc1cccc2ccccc12. The molecule has 3 rings (SSSR count). The number of benzene rings is 2. The predicted molar refractivity (Wildman–Crippen MR) is 81.6 cm³/mol. The molecule has 0 spiro atoms. The molecule has 1 aliphatic rings. The second-order valence-corrected chi connectivity index (χ2v) is 5.42. The fraction of sp³-hybridized carbons (Fsp3) is 0.294. The Hall–Kier alpha value is -2.36. The topological polar surface area (TPSA) is 49.4 Å². The summed E-state index contributed by atoms with van der Waals surface area (Å²) in [6.07, 6.45) is 1.07. The van der Waals surface area contributed by atoms with E-state index in [4.69, 9.17) is 0 Å². The molecule has 0 aliphatic carbocycles. The molecule has 21 heavy (non-hydrogen) atoms. The molecule has 4 nitrogen and oxygen atoms in total. The van der Waals surface area contributed by atoms with Gasteiger partial charge in [-0.2, -0.15) is 0 Å². The molecule has 2 amide bonds. The summed E-state index contributed by atoms with van der Waals surface area (Å²) < 4.78 is 0. The Kier molecular flexibility index (Phi) is 3.60. The third-order valence-electron chi connectivity index (χ3n) is 4.13. The summed E-state index contributed by atoms with van der Waals surface area (Å²) in [5.41, 5.74) is 1.09. The predicted octanol–water partition coefficient (Wildman–Crippen LogP) is 2.08. The molecule has 0 saturated carbocycles. The smallest absolute Gasteiger partial charge is 0.243 e. The Morgan fingerprint density at radius 3 is 2.76 bits per heavy atom. The van der Waals surface area contributed by atoms with Gasteiger partial charge >= 0.3 is 0 Å². The van der Waals surface area contributed by atoms with Crippen LogP contribution in [0.1, 0.15) is 18.4 Å². The first-order chi connectivity index (χ1) is 10.2. The van der Waals surface area contributed by atoms with Crippen LogP contribution >= 0.6 is 0 Å². The van der Waals surface area contributed by atoms with Crippen LogP contribution in [0.25, 0.3) is 10.8 Å². The highest BCUT2D eigenvalue weighted by atomic mass is 16.2. The molecular weight excluding hydrogens is 264 g/mol. The lowest BCUT2D eigenvalue weighted by Crippen LogP contribution is -2.42. The highest BCUT2D eigenvalue weighted by Crippen LogP contribution is 2.19. The lowest BCUT2D eigenvalue weighted by molar-refractivity contribution is -0.133. The van der Waals surface area contributed by atoms with E-state index in [1.807, 2.05) is 24.3 Å². The van der Waals surface area contributed by atoms with Crippen molar-refractivity contribution in [3.63, 3.8) is 0 Å². The standard InChI is InChI=1S/C17H18N2O2/c1-19-15(9-10-16(19)20)17(21)18-11-13-7-4-6-12-5-2-3-8-14(12)13/h2-8,15H,9-11H2,1H3,(H,18,21)/t15-/m0/s1. The van der Waals surface area contributed by atoms with Gasteiger partial charge in [-0.05, 0) is 22.8 Å². The van der Waals surface area contributed by atoms with E-state index in [-0.39, 0.29) is 17.9 Å². The van der Waals surface area contributed by atoms with Gasteiger partial charge in [-0.25, -0.2) is 0 Å². The van der Waals surface area contributed by atoms with E-state index in [0.717, 1.165) is 16.3 Å². The number of nitrogens with one attached hydrogen (secondary N) is 1. The third kappa shape index (κ3) is 2.61. The van der Waals surface area contributed by atoms with Gasteiger partial charge in [0, 0.05) is 20.0 Å². The molecule has 4 heteroatoms. The molecule has 108 valence electrons. The molecule has 1 atom stereocenters. The fourth-order valence-electron chi connectivity index (χ4n) is 2.86. The van der Waals surface area contributed by atoms with Gasteiger partial charge in [0.25, 0.3) is 0 Å². The van der Waals surface area contributed by atoms with Gasteiger partial charge in [0.15, 0.2) is 0 Å². The zero-order valence-electron chi connectivity index (χ0n) is 12.0. The van der Waals surface area contributed by atoms with Crippen molar-refractivity contribution in [1.82, 2.24) is 10.2 Å². The minimum absolute atomic E-state index is 0.0420. The number of carbonyl (C=O) groups is 2. The van der Waals surface area contributed by atoms with Gasteiger partial charge < -0.3 is 10.2 Å². The highest BCUT2D eigenvalue weighted by molar-refractivity contribution is 5.91. The van der Waals surface area contributed by atoms with E-state index < -0.39 is 0 Å². The lowest BCUT2D eigenvalue weighted by atomic mass is 10.0. The zero-order valence-corrected chi connectivity index (χ0v) is 12.0. The van der Waals surface area contributed by atoms with Crippen LogP contribution in [0.2, 0.25) is 0 Å². The van der Waals surface area contributed by atoms with E-state index in [1.165, 1.54) is 0 Å². The average Bonchev–Trinajstić information content (AvgIpc) is 2.84. The molecule has 1 fully saturated rings. The first kappa shape index (κ1) is 13.6. The number of likely N-dealkylation sites (tertiary alicyclic amines) is 1. The van der Waals surface area contributed by atoms with E-state index >= 15 is 0 Å². The van der Waals surface area contributed by atoms with Crippen LogP contribution in [0.5, 0.6) is 0 Å². The number of hydrogen-bond acceptors (Lipinski definition) is 2. The van der Waals surface area contributed by atoms with Crippen LogP contribution in [0.15, 0.2) is 42.5 Å². The first-order valence-electron chi connectivity index (χ1n) is 7.17. The van der Waals surface area contributed by atoms with E-state index in [2.05, 4.69) is 23.5 Å². The van der Waals surface area contributed by atoms with E-state index in [9.17, 15) is 9.59 Å². The Balaban J connectivity index is 1.72. The number of likely N-dealkylation sites (N-methyl/N-ethyl adjacent to an activating group) is 1. The largest absolute Gasteiger partial charge is 0.350 e. The van der Waals surface area contributed by atoms with Gasteiger partial charge in [-0.3, -0.25) is 9.59 Å². The number of rotatable bonds is 3. The molecule has 2 aromatic rings. The van der Waals surface area contributed by atoms with Gasteiger partial charge in [-0.15, -0.1) is 0 Å². The number of amides is 2. The quantitative estimate of drug-likeness (QED) is 0.937. The Labute approximate surface area is 123 Å². The Morgan fingerprint density at radius 2 is 2.00 bits per heavy atom. The maximum atomic E-state index is 12.2. The summed E-state index contributed by atoms with van der Waals surface area (Å²) in [5, 5.41) is 5.26. The summed E-state index contributed by atoms with van der Waals surface area (Å²) in [6.45, 7) is 0.485. The van der Waals surface area contributed by atoms with Crippen molar-refractivity contribution in [3.8, 4) is 0 Å². The van der Waals surface area contributed by atoms with Gasteiger partial charge in [-0.1, -0.05) is 42.5 Å². The van der Waals surface area contributed by atoms with Crippen molar-refractivity contribution in [2.45, 2.75) is 25.4 Å². The molecule has 1 N–H and O–H groups in total. The first-order valence-corrected chi connectivity index (χ1v) is 7.17. The van der Waals surface area contributed by atoms with Crippen molar-refractivity contribution in [3.05, 3.63) is 48.0 Å². The number of nitrogens with zero attached hydrogens (tertiary/aromatic N) is 1. The molecule has 1 heterocycles. The average molecular weight is 282 g/mol. The molecule has 0 aromatic heterocycles. The summed E-state index contributed by atoms with van der Waals surface area (Å²) in [7, 11) is 1.69. The van der Waals surface area contributed by atoms with E-state index in [1.54, 1.807) is 11.9 Å². The minimum Gasteiger partial charge on any atom is -0.350 e. The molecule has 1 aliphatic heterocycles. The van der Waals surface area contributed by atoms with Gasteiger partial charge in [0.1, 0.15) is 6.04 Å². The Morgan fingerprint density at radius 1 is 1.24 bits per heavy atom. The molecule has 1 saturated heterocycles. The minimum atomic E-state index is -0.326. The molecular formula is C17H18N2O2. The fourth-order valence-corrected chi connectivity index (χ4v) is 2.86. The molecule has 0 bridgehead atoms. The van der Waals surface area contributed by atoms with Crippen LogP contribution in [0.4, 0.5) is 0 Å². The van der Waals surface area contributed by atoms with E-state index in [0.29, 0.717) is 19.4 Å². The van der Waals surface area contributed by atoms with Gasteiger partial charge in [0.2, 0.25) is 11.8 Å². The summed E-state index contributed by atoms with van der Waals surface area (Å²) in [4.78, 5) is 25.2. The van der Waals surface area contributed by atoms with Crippen molar-refractivity contribution in [2.75, 3.05) is 7.05 Å². The summed E-state index contributed by atoms with van der Waals surface area (Å²) in [6, 6.07) is 13.9. The summed E-state index contributed by atoms with van der Waals surface area (Å²) >= 11 is 0. The Bertz CT molecular complexity index is 691. The van der Waals surface area contributed by atoms with Crippen LogP contribution in [0.3, 0.4) is 0 Å². The zero-order chi connectivity index (χ0) is 14.8. The van der Waals surface area contributed by atoms with Crippen molar-refractivity contribution >= 4 is 22.6 Å². The molecule has 0 unspecified atom stereocenters. The van der Waals surface area contributed by atoms with Crippen molar-refractivity contribution < 1.29 is 9.59 Å². The number of fused-ring (bicyclic) bond motifs is 1. The second kappa shape index (κ2) is 5.56. The van der Waals surface area contributed by atoms with Crippen LogP contribution in [-0.2, 0) is 16.1 Å². The van der Waals surface area contributed by atoms with Crippen molar-refractivity contribution in [2.24, 2.45) is 0 Å². The normalized spacial score (nSPS) is 18.2. The molecule has 2 aromatic carbocycles. The van der Waals surface area contributed by atoms with Crippen LogP contribution < -0.4 is 5.32 Å². The van der Waals surface area contributed by atoms with Crippen LogP contribution in [0, 0.1) is 0 Å². The third-order valence-corrected chi connectivity index (χ3v) is 4.13. The molecule has 0 radical (unpaired) electrons. The monoisotopic (exact) mass is 282 g/mol. The van der Waals surface area contributed by atoms with Crippen LogP contribution in [-0.4, -0.2) is 29.8 Å². The maximum absolute atomic E-state index is 12.2. The maximum Gasteiger partial charge on any atom is 0.243 e. The van der Waals surface area contributed by atoms with Crippen molar-refractivity contribution in [1.29, 1.82) is 0 Å². The number of carbonyl (C=O) groups excluding carboxylic acids is 2.